The molecule has 0 aliphatic heterocycles. The molecule has 0 unspecified atom stereocenters. The second kappa shape index (κ2) is 6.95. The standard InChI is InChI=1S/C18H18ClN3O2/c1-24-17-7-6-12(9-14(17)19)22-18(23)15(20)8-11-10-21-16-5-3-2-4-13(11)16/h2-7,9-10,15,21H,8,20H2,1H3,(H,22,23)/t15-/m0/s1. The van der Waals surface area contributed by atoms with Gasteiger partial charge in [-0.15, -0.1) is 0 Å². The van der Waals surface area contributed by atoms with Gasteiger partial charge in [0.15, 0.2) is 0 Å². The fraction of sp³-hybridized carbons (Fsp3) is 0.167. The Morgan fingerprint density at radius 2 is 2.12 bits per heavy atom. The lowest BCUT2D eigenvalue weighted by Crippen LogP contribution is -2.37. The number of hydrogen-bond acceptors (Lipinski definition) is 3. The minimum Gasteiger partial charge on any atom is -0.495 e. The molecule has 0 radical (unpaired) electrons. The van der Waals surface area contributed by atoms with Gasteiger partial charge in [-0.3, -0.25) is 4.79 Å². The third kappa shape index (κ3) is 3.37. The molecule has 24 heavy (non-hydrogen) atoms. The molecule has 0 saturated carbocycles. The zero-order valence-corrected chi connectivity index (χ0v) is 13.9. The highest BCUT2D eigenvalue weighted by atomic mass is 35.5. The average molecular weight is 344 g/mol. The Bertz CT molecular complexity index is 876. The van der Waals surface area contributed by atoms with E-state index < -0.39 is 6.04 Å². The number of para-hydroxylation sites is 1. The van der Waals surface area contributed by atoms with E-state index in [9.17, 15) is 4.79 Å². The first-order valence-electron chi connectivity index (χ1n) is 7.53. The Kier molecular flexibility index (Phi) is 4.74. The van der Waals surface area contributed by atoms with Gasteiger partial charge in [0.1, 0.15) is 5.75 Å². The first kappa shape index (κ1) is 16.4. The van der Waals surface area contributed by atoms with Gasteiger partial charge in [-0.2, -0.15) is 0 Å². The zero-order valence-electron chi connectivity index (χ0n) is 13.2. The number of H-pyrrole nitrogens is 1. The van der Waals surface area contributed by atoms with Crippen molar-refractivity contribution in [3.8, 4) is 5.75 Å². The van der Waals surface area contributed by atoms with Crippen molar-refractivity contribution >= 4 is 34.1 Å². The van der Waals surface area contributed by atoms with Crippen molar-refractivity contribution in [2.24, 2.45) is 5.73 Å². The lowest BCUT2D eigenvalue weighted by atomic mass is 10.0. The number of methoxy groups -OCH3 is 1. The number of nitrogens with two attached hydrogens (primary N) is 1. The SMILES string of the molecule is COc1ccc(NC(=O)[C@@H](N)Cc2c[nH]c3ccccc23)cc1Cl. The third-order valence-electron chi connectivity index (χ3n) is 3.87. The summed E-state index contributed by atoms with van der Waals surface area (Å²) < 4.78 is 5.09. The van der Waals surface area contributed by atoms with Gasteiger partial charge >= 0.3 is 0 Å². The van der Waals surface area contributed by atoms with E-state index in [-0.39, 0.29) is 5.91 Å². The molecule has 1 aromatic heterocycles. The quantitative estimate of drug-likeness (QED) is 0.664. The van der Waals surface area contributed by atoms with E-state index >= 15 is 0 Å². The van der Waals surface area contributed by atoms with Crippen LogP contribution < -0.4 is 15.8 Å². The summed E-state index contributed by atoms with van der Waals surface area (Å²) in [6.45, 7) is 0. The number of amides is 1. The number of fused-ring (bicyclic) bond motifs is 1. The third-order valence-corrected chi connectivity index (χ3v) is 4.17. The molecule has 5 nitrogen and oxygen atoms in total. The maximum Gasteiger partial charge on any atom is 0.241 e. The number of aromatic nitrogens is 1. The van der Waals surface area contributed by atoms with Gasteiger partial charge in [-0.1, -0.05) is 29.8 Å². The lowest BCUT2D eigenvalue weighted by Gasteiger charge is -2.13. The number of anilines is 1. The minimum atomic E-state index is -0.662. The second-order valence-corrected chi connectivity index (χ2v) is 5.92. The molecular formula is C18H18ClN3O2. The fourth-order valence-electron chi connectivity index (χ4n) is 2.61. The number of ether oxygens (including phenoxy) is 1. The van der Waals surface area contributed by atoms with Crippen LogP contribution in [0, 0.1) is 0 Å². The van der Waals surface area contributed by atoms with Crippen molar-refractivity contribution in [1.82, 2.24) is 4.98 Å². The van der Waals surface area contributed by atoms with Gasteiger partial charge in [0.25, 0.3) is 0 Å². The zero-order chi connectivity index (χ0) is 17.1. The highest BCUT2D eigenvalue weighted by Gasteiger charge is 2.17. The van der Waals surface area contributed by atoms with E-state index in [0.717, 1.165) is 16.5 Å². The normalized spacial score (nSPS) is 12.1. The summed E-state index contributed by atoms with van der Waals surface area (Å²) in [5, 5.41) is 4.29. The molecule has 124 valence electrons. The molecule has 4 N–H and O–H groups in total. The monoisotopic (exact) mass is 343 g/mol. The number of carbonyl (C=O) groups excluding carboxylic acids is 1. The number of aromatic amines is 1. The van der Waals surface area contributed by atoms with Crippen molar-refractivity contribution in [2.45, 2.75) is 12.5 Å². The molecule has 0 aliphatic carbocycles. The molecule has 0 bridgehead atoms. The summed E-state index contributed by atoms with van der Waals surface area (Å²) >= 11 is 6.06. The molecule has 2 aromatic carbocycles. The van der Waals surface area contributed by atoms with Gasteiger partial charge in [0, 0.05) is 22.8 Å². The Hall–Kier alpha value is -2.50. The molecule has 1 heterocycles. The van der Waals surface area contributed by atoms with Crippen LogP contribution in [0.1, 0.15) is 5.56 Å². The molecule has 0 spiro atoms. The Labute approximate surface area is 144 Å². The van der Waals surface area contributed by atoms with Gasteiger partial charge < -0.3 is 20.8 Å². The summed E-state index contributed by atoms with van der Waals surface area (Å²) in [5.41, 5.74) is 8.69. The predicted molar refractivity (Wildman–Crippen MR) is 96.6 cm³/mol. The van der Waals surface area contributed by atoms with Gasteiger partial charge in [0.05, 0.1) is 18.2 Å². The number of hydrogen-bond donors (Lipinski definition) is 3. The Balaban J connectivity index is 1.69. The molecule has 0 saturated heterocycles. The van der Waals surface area contributed by atoms with Crippen LogP contribution in [0.25, 0.3) is 10.9 Å². The lowest BCUT2D eigenvalue weighted by molar-refractivity contribution is -0.117. The molecule has 0 aliphatic rings. The summed E-state index contributed by atoms with van der Waals surface area (Å²) in [6.07, 6.45) is 2.34. The van der Waals surface area contributed by atoms with E-state index in [4.69, 9.17) is 22.1 Å². The van der Waals surface area contributed by atoms with Gasteiger partial charge in [-0.25, -0.2) is 0 Å². The van der Waals surface area contributed by atoms with E-state index in [1.807, 2.05) is 30.5 Å². The Morgan fingerprint density at radius 3 is 2.88 bits per heavy atom. The largest absolute Gasteiger partial charge is 0.495 e. The van der Waals surface area contributed by atoms with E-state index in [0.29, 0.717) is 22.9 Å². The summed E-state index contributed by atoms with van der Waals surface area (Å²) in [6, 6.07) is 12.3. The van der Waals surface area contributed by atoms with E-state index in [1.165, 1.54) is 7.11 Å². The predicted octanol–water partition coefficient (Wildman–Crippen LogP) is 3.34. The number of nitrogens with one attached hydrogen (secondary N) is 2. The molecule has 1 atom stereocenters. The van der Waals surface area contributed by atoms with Crippen LogP contribution in [-0.2, 0) is 11.2 Å². The van der Waals surface area contributed by atoms with Crippen molar-refractivity contribution in [1.29, 1.82) is 0 Å². The van der Waals surface area contributed by atoms with Crippen molar-refractivity contribution < 1.29 is 9.53 Å². The minimum absolute atomic E-state index is 0.262. The summed E-state index contributed by atoms with van der Waals surface area (Å²) in [7, 11) is 1.54. The number of carbonyl (C=O) groups is 1. The van der Waals surface area contributed by atoms with Crippen LogP contribution in [0.5, 0.6) is 5.75 Å². The van der Waals surface area contributed by atoms with Crippen LogP contribution >= 0.6 is 11.6 Å². The Morgan fingerprint density at radius 1 is 1.33 bits per heavy atom. The summed E-state index contributed by atoms with van der Waals surface area (Å²) in [5.74, 6) is 0.291. The molecule has 1 amide bonds. The average Bonchev–Trinajstić information content (AvgIpc) is 2.98. The molecule has 3 rings (SSSR count). The van der Waals surface area contributed by atoms with Crippen molar-refractivity contribution in [2.75, 3.05) is 12.4 Å². The molecule has 6 heteroatoms. The van der Waals surface area contributed by atoms with Crippen molar-refractivity contribution in [3.05, 3.63) is 59.2 Å². The molecule has 3 aromatic rings. The number of halogens is 1. The number of rotatable bonds is 5. The van der Waals surface area contributed by atoms with Crippen LogP contribution in [0.15, 0.2) is 48.7 Å². The second-order valence-electron chi connectivity index (χ2n) is 5.51. The highest BCUT2D eigenvalue weighted by molar-refractivity contribution is 6.32. The topological polar surface area (TPSA) is 80.1 Å². The van der Waals surface area contributed by atoms with Crippen LogP contribution in [0.4, 0.5) is 5.69 Å². The van der Waals surface area contributed by atoms with Crippen LogP contribution in [0.2, 0.25) is 5.02 Å². The first-order valence-corrected chi connectivity index (χ1v) is 7.91. The molecular weight excluding hydrogens is 326 g/mol. The smallest absolute Gasteiger partial charge is 0.241 e. The maximum atomic E-state index is 12.3. The molecule has 0 fully saturated rings. The van der Waals surface area contributed by atoms with Crippen LogP contribution in [0.3, 0.4) is 0 Å². The van der Waals surface area contributed by atoms with E-state index in [1.54, 1.807) is 18.2 Å². The summed E-state index contributed by atoms with van der Waals surface area (Å²) in [4.78, 5) is 15.5. The van der Waals surface area contributed by atoms with E-state index in [2.05, 4.69) is 10.3 Å². The number of benzene rings is 2. The van der Waals surface area contributed by atoms with Crippen molar-refractivity contribution in [3.63, 3.8) is 0 Å². The van der Waals surface area contributed by atoms with Crippen LogP contribution in [-0.4, -0.2) is 24.0 Å². The first-order chi connectivity index (χ1) is 11.6. The maximum absolute atomic E-state index is 12.3. The fourth-order valence-corrected chi connectivity index (χ4v) is 2.87. The highest BCUT2D eigenvalue weighted by Crippen LogP contribution is 2.27. The van der Waals surface area contributed by atoms with Gasteiger partial charge in [-0.05, 0) is 36.2 Å². The van der Waals surface area contributed by atoms with Gasteiger partial charge in [0.2, 0.25) is 5.91 Å².